The molecule has 0 spiro atoms. The topological polar surface area (TPSA) is 20.2 Å². The average molecular weight is 154 g/mol. The minimum atomic E-state index is -0.418. The Bertz CT molecular complexity index is 172. The monoisotopic (exact) mass is 154 g/mol. The summed E-state index contributed by atoms with van der Waals surface area (Å²) < 4.78 is 0. The van der Waals surface area contributed by atoms with E-state index in [0.29, 0.717) is 5.92 Å². The highest BCUT2D eigenvalue weighted by atomic mass is 16.3. The Labute approximate surface area is 69.1 Å². The molecule has 0 radical (unpaired) electrons. The molecule has 0 fully saturated rings. The maximum absolute atomic E-state index is 10.1. The van der Waals surface area contributed by atoms with Crippen molar-refractivity contribution < 1.29 is 5.11 Å². The van der Waals surface area contributed by atoms with E-state index < -0.39 is 5.60 Å². The Morgan fingerprint density at radius 3 is 2.73 bits per heavy atom. The quantitative estimate of drug-likeness (QED) is 0.606. The number of hydrogen-bond donors (Lipinski definition) is 1. The summed E-state index contributed by atoms with van der Waals surface area (Å²) in [5.41, 5.74) is 0.923. The number of rotatable bonds is 2. The van der Waals surface area contributed by atoms with Crippen LogP contribution in [0.2, 0.25) is 0 Å². The van der Waals surface area contributed by atoms with Gasteiger partial charge in [0.05, 0.1) is 5.60 Å². The molecule has 2 atom stereocenters. The Morgan fingerprint density at radius 1 is 1.73 bits per heavy atom. The van der Waals surface area contributed by atoms with E-state index in [1.807, 2.05) is 0 Å². The molecule has 1 nitrogen and oxygen atoms in total. The molecule has 1 heteroatoms. The van der Waals surface area contributed by atoms with Gasteiger partial charge in [0, 0.05) is 5.92 Å². The summed E-state index contributed by atoms with van der Waals surface area (Å²) in [4.78, 5) is 0. The van der Waals surface area contributed by atoms with E-state index in [4.69, 9.17) is 0 Å². The molecule has 0 saturated carbocycles. The molecule has 0 amide bonds. The van der Waals surface area contributed by atoms with E-state index in [2.05, 4.69) is 26.8 Å². The van der Waals surface area contributed by atoms with Gasteiger partial charge in [0.15, 0.2) is 0 Å². The van der Waals surface area contributed by atoms with Gasteiger partial charge < -0.3 is 5.11 Å². The van der Waals surface area contributed by atoms with Crippen molar-refractivity contribution in [1.29, 1.82) is 0 Å². The molecule has 2 unspecified atom stereocenters. The fraction of sp³-hybridized carbons (Fsp3) is 0.800. The fourth-order valence-corrected chi connectivity index (χ4v) is 2.03. The van der Waals surface area contributed by atoms with Crippen molar-refractivity contribution in [3.8, 4) is 0 Å². The van der Waals surface area contributed by atoms with Crippen molar-refractivity contribution in [2.24, 2.45) is 5.92 Å². The van der Waals surface area contributed by atoms with Gasteiger partial charge in [-0.25, -0.2) is 0 Å². The fourth-order valence-electron chi connectivity index (χ4n) is 2.03. The van der Waals surface area contributed by atoms with E-state index >= 15 is 0 Å². The molecule has 1 N–H and O–H groups in total. The molecule has 11 heavy (non-hydrogen) atoms. The van der Waals surface area contributed by atoms with Gasteiger partial charge in [-0.2, -0.15) is 0 Å². The zero-order chi connectivity index (χ0) is 8.48. The van der Waals surface area contributed by atoms with Crippen LogP contribution in [0.25, 0.3) is 0 Å². The molecule has 0 aromatic heterocycles. The van der Waals surface area contributed by atoms with Crippen LogP contribution in [-0.4, -0.2) is 10.7 Å². The van der Waals surface area contributed by atoms with Crippen LogP contribution in [0.5, 0.6) is 0 Å². The van der Waals surface area contributed by atoms with Crippen molar-refractivity contribution in [2.75, 3.05) is 0 Å². The Kier molecular flexibility index (Phi) is 2.38. The third-order valence-electron chi connectivity index (χ3n) is 2.65. The standard InChI is InChI=1S/C10H18O/c1-4-5-10(11)7-8(2)6-9(10)3/h6,9,11H,4-5,7H2,1-3H3. The van der Waals surface area contributed by atoms with Gasteiger partial charge in [-0.1, -0.05) is 31.9 Å². The van der Waals surface area contributed by atoms with Crippen LogP contribution in [0.3, 0.4) is 0 Å². The average Bonchev–Trinajstić information content (AvgIpc) is 2.08. The Hall–Kier alpha value is -0.300. The lowest BCUT2D eigenvalue weighted by atomic mass is 9.87. The highest BCUT2D eigenvalue weighted by Gasteiger charge is 2.35. The summed E-state index contributed by atoms with van der Waals surface area (Å²) in [5, 5.41) is 10.1. The van der Waals surface area contributed by atoms with Crippen LogP contribution in [0, 0.1) is 5.92 Å². The molecule has 64 valence electrons. The van der Waals surface area contributed by atoms with Crippen LogP contribution in [0.15, 0.2) is 11.6 Å². The molecule has 0 heterocycles. The van der Waals surface area contributed by atoms with Gasteiger partial charge in [-0.05, 0) is 19.8 Å². The first-order chi connectivity index (χ1) is 5.08. The second-order valence-electron chi connectivity index (χ2n) is 3.83. The van der Waals surface area contributed by atoms with Crippen molar-refractivity contribution in [2.45, 2.75) is 45.6 Å². The highest BCUT2D eigenvalue weighted by Crippen LogP contribution is 2.37. The lowest BCUT2D eigenvalue weighted by molar-refractivity contribution is 0.00737. The van der Waals surface area contributed by atoms with Gasteiger partial charge in [-0.3, -0.25) is 0 Å². The summed E-state index contributed by atoms with van der Waals surface area (Å²) in [7, 11) is 0. The van der Waals surface area contributed by atoms with Gasteiger partial charge in [0.1, 0.15) is 0 Å². The molecule has 1 aliphatic rings. The zero-order valence-corrected chi connectivity index (χ0v) is 7.72. The predicted octanol–water partition coefficient (Wildman–Crippen LogP) is 2.50. The molecule has 0 aromatic rings. The van der Waals surface area contributed by atoms with Crippen molar-refractivity contribution in [1.82, 2.24) is 0 Å². The van der Waals surface area contributed by atoms with E-state index in [1.54, 1.807) is 0 Å². The summed E-state index contributed by atoms with van der Waals surface area (Å²) in [6.07, 6.45) is 5.07. The maximum atomic E-state index is 10.1. The van der Waals surface area contributed by atoms with Crippen molar-refractivity contribution in [3.63, 3.8) is 0 Å². The minimum absolute atomic E-state index is 0.349. The van der Waals surface area contributed by atoms with Gasteiger partial charge in [-0.15, -0.1) is 0 Å². The normalized spacial score (nSPS) is 37.5. The van der Waals surface area contributed by atoms with E-state index in [-0.39, 0.29) is 0 Å². The van der Waals surface area contributed by atoms with E-state index in [1.165, 1.54) is 5.57 Å². The summed E-state index contributed by atoms with van der Waals surface area (Å²) >= 11 is 0. The molecule has 1 rings (SSSR count). The first kappa shape index (κ1) is 8.79. The van der Waals surface area contributed by atoms with Crippen LogP contribution < -0.4 is 0 Å². The number of aliphatic hydroxyl groups is 1. The molecule has 1 aliphatic carbocycles. The van der Waals surface area contributed by atoms with E-state index in [0.717, 1.165) is 19.3 Å². The van der Waals surface area contributed by atoms with Gasteiger partial charge >= 0.3 is 0 Å². The van der Waals surface area contributed by atoms with Crippen LogP contribution in [0.4, 0.5) is 0 Å². The van der Waals surface area contributed by atoms with Crippen molar-refractivity contribution >= 4 is 0 Å². The molecule has 0 saturated heterocycles. The largest absolute Gasteiger partial charge is 0.389 e. The Balaban J connectivity index is 2.62. The van der Waals surface area contributed by atoms with Gasteiger partial charge in [0.2, 0.25) is 0 Å². The maximum Gasteiger partial charge on any atom is 0.0744 e. The first-order valence-electron chi connectivity index (χ1n) is 4.48. The smallest absolute Gasteiger partial charge is 0.0744 e. The second kappa shape index (κ2) is 2.98. The lowest BCUT2D eigenvalue weighted by Crippen LogP contribution is -2.31. The second-order valence-corrected chi connectivity index (χ2v) is 3.83. The SMILES string of the molecule is CCCC1(O)CC(C)=CC1C. The third kappa shape index (κ3) is 1.64. The molecular formula is C10H18O. The molecule has 0 bridgehead atoms. The van der Waals surface area contributed by atoms with Crippen molar-refractivity contribution in [3.05, 3.63) is 11.6 Å². The predicted molar refractivity (Wildman–Crippen MR) is 47.4 cm³/mol. The third-order valence-corrected chi connectivity index (χ3v) is 2.65. The van der Waals surface area contributed by atoms with E-state index in [9.17, 15) is 5.11 Å². The van der Waals surface area contributed by atoms with Crippen LogP contribution in [0.1, 0.15) is 40.0 Å². The highest BCUT2D eigenvalue weighted by molar-refractivity contribution is 5.16. The molecule has 0 aliphatic heterocycles. The first-order valence-corrected chi connectivity index (χ1v) is 4.48. The summed E-state index contributed by atoms with van der Waals surface area (Å²) in [6.45, 7) is 6.33. The minimum Gasteiger partial charge on any atom is -0.389 e. The zero-order valence-electron chi connectivity index (χ0n) is 7.72. The molecular weight excluding hydrogens is 136 g/mol. The number of hydrogen-bond acceptors (Lipinski definition) is 1. The molecule has 0 aromatic carbocycles. The Morgan fingerprint density at radius 2 is 2.36 bits per heavy atom. The van der Waals surface area contributed by atoms with Gasteiger partial charge in [0.25, 0.3) is 0 Å². The lowest BCUT2D eigenvalue weighted by Gasteiger charge is -2.27. The van der Waals surface area contributed by atoms with Crippen LogP contribution >= 0.6 is 0 Å². The summed E-state index contributed by atoms with van der Waals surface area (Å²) in [6, 6.07) is 0. The van der Waals surface area contributed by atoms with Crippen LogP contribution in [-0.2, 0) is 0 Å². The summed E-state index contributed by atoms with van der Waals surface area (Å²) in [5.74, 6) is 0.349.